The highest BCUT2D eigenvalue weighted by molar-refractivity contribution is 5.85. The molecule has 2 amide bonds. The number of amides is 2. The molecule has 23 heavy (non-hydrogen) atoms. The summed E-state index contributed by atoms with van der Waals surface area (Å²) in [6, 6.07) is 5.80. The van der Waals surface area contributed by atoms with Gasteiger partial charge in [-0.05, 0) is 37.5 Å². The van der Waals surface area contributed by atoms with E-state index in [1.54, 1.807) is 7.11 Å². The molecule has 7 nitrogen and oxygen atoms in total. The van der Waals surface area contributed by atoms with E-state index in [1.165, 1.54) is 0 Å². The Kier molecular flexibility index (Phi) is 8.52. The summed E-state index contributed by atoms with van der Waals surface area (Å²) in [4.78, 5) is 22.4. The van der Waals surface area contributed by atoms with Gasteiger partial charge in [-0.3, -0.25) is 9.59 Å². The molecule has 0 radical (unpaired) electrons. The minimum atomic E-state index is -0.346. The minimum Gasteiger partial charge on any atom is -0.493 e. The van der Waals surface area contributed by atoms with Crippen LogP contribution in [0, 0.1) is 0 Å². The summed E-state index contributed by atoms with van der Waals surface area (Å²) in [7, 11) is 1.61. The summed E-state index contributed by atoms with van der Waals surface area (Å²) >= 11 is 0. The molecule has 0 fully saturated rings. The minimum absolute atomic E-state index is 0.0486. The van der Waals surface area contributed by atoms with Crippen molar-refractivity contribution in [3.05, 3.63) is 23.8 Å². The van der Waals surface area contributed by atoms with E-state index in [-0.39, 0.29) is 24.9 Å². The molecule has 7 heteroatoms. The van der Waals surface area contributed by atoms with Crippen molar-refractivity contribution in [2.45, 2.75) is 19.8 Å². The summed E-state index contributed by atoms with van der Waals surface area (Å²) in [6.45, 7) is 2.86. The van der Waals surface area contributed by atoms with E-state index in [0.717, 1.165) is 24.2 Å². The fraction of sp³-hybridized carbons (Fsp3) is 0.500. The highest BCUT2D eigenvalue weighted by Crippen LogP contribution is 2.28. The highest BCUT2D eigenvalue weighted by Gasteiger charge is 2.06. The lowest BCUT2D eigenvalue weighted by Crippen LogP contribution is -2.39. The lowest BCUT2D eigenvalue weighted by Gasteiger charge is -2.11. The van der Waals surface area contributed by atoms with Crippen LogP contribution in [0.4, 0.5) is 0 Å². The monoisotopic (exact) mass is 323 g/mol. The highest BCUT2D eigenvalue weighted by atomic mass is 16.5. The van der Waals surface area contributed by atoms with Crippen molar-refractivity contribution in [1.82, 2.24) is 10.6 Å². The molecule has 0 unspecified atom stereocenters. The quantitative estimate of drug-likeness (QED) is 0.535. The van der Waals surface area contributed by atoms with Crippen molar-refractivity contribution in [2.24, 2.45) is 5.73 Å². The van der Waals surface area contributed by atoms with Gasteiger partial charge < -0.3 is 25.8 Å². The topological polar surface area (TPSA) is 103 Å². The zero-order valence-electron chi connectivity index (χ0n) is 13.7. The Morgan fingerprint density at radius 3 is 2.61 bits per heavy atom. The largest absolute Gasteiger partial charge is 0.493 e. The molecule has 0 saturated carbocycles. The molecule has 0 atom stereocenters. The van der Waals surface area contributed by atoms with E-state index in [4.69, 9.17) is 15.2 Å². The Labute approximate surface area is 136 Å². The van der Waals surface area contributed by atoms with Crippen LogP contribution in [0.3, 0.4) is 0 Å². The first-order valence-corrected chi connectivity index (χ1v) is 7.63. The molecule has 0 aliphatic carbocycles. The smallest absolute Gasteiger partial charge is 0.239 e. The van der Waals surface area contributed by atoms with Crippen molar-refractivity contribution in [1.29, 1.82) is 0 Å². The average molecular weight is 323 g/mol. The van der Waals surface area contributed by atoms with Gasteiger partial charge in [-0.2, -0.15) is 0 Å². The van der Waals surface area contributed by atoms with Gasteiger partial charge in [0, 0.05) is 6.54 Å². The van der Waals surface area contributed by atoms with E-state index in [2.05, 4.69) is 10.6 Å². The average Bonchev–Trinajstić information content (AvgIpc) is 2.57. The van der Waals surface area contributed by atoms with Gasteiger partial charge >= 0.3 is 0 Å². The second-order valence-electron chi connectivity index (χ2n) is 4.85. The maximum absolute atomic E-state index is 11.5. The van der Waals surface area contributed by atoms with E-state index >= 15 is 0 Å². The summed E-state index contributed by atoms with van der Waals surface area (Å²) in [5.74, 6) is 0.860. The number of nitrogens with one attached hydrogen (secondary N) is 2. The number of benzene rings is 1. The van der Waals surface area contributed by atoms with Gasteiger partial charge in [0.15, 0.2) is 11.5 Å². The maximum atomic E-state index is 11.5. The van der Waals surface area contributed by atoms with E-state index < -0.39 is 0 Å². The second kappa shape index (κ2) is 10.4. The van der Waals surface area contributed by atoms with Gasteiger partial charge in [-0.15, -0.1) is 0 Å². The van der Waals surface area contributed by atoms with Crippen LogP contribution in [0.2, 0.25) is 0 Å². The third kappa shape index (κ3) is 7.01. The predicted molar refractivity (Wildman–Crippen MR) is 87.6 cm³/mol. The number of ether oxygens (including phenoxy) is 2. The summed E-state index contributed by atoms with van der Waals surface area (Å²) < 4.78 is 10.8. The van der Waals surface area contributed by atoms with Gasteiger partial charge in [0.1, 0.15) is 0 Å². The molecule has 1 aromatic carbocycles. The van der Waals surface area contributed by atoms with Crippen LogP contribution in [0.5, 0.6) is 11.5 Å². The van der Waals surface area contributed by atoms with Crippen LogP contribution in [0.1, 0.15) is 18.9 Å². The molecule has 128 valence electrons. The van der Waals surface area contributed by atoms with E-state index in [9.17, 15) is 9.59 Å². The fourth-order valence-electron chi connectivity index (χ4n) is 1.98. The number of methoxy groups -OCH3 is 1. The normalized spacial score (nSPS) is 10.0. The molecule has 1 aromatic rings. The number of nitrogens with two attached hydrogens (primary N) is 1. The molecule has 1 rings (SSSR count). The van der Waals surface area contributed by atoms with Gasteiger partial charge in [0.25, 0.3) is 0 Å². The van der Waals surface area contributed by atoms with Gasteiger partial charge in [0.2, 0.25) is 11.8 Å². The number of rotatable bonds is 10. The molecule has 0 aromatic heterocycles. The first-order valence-electron chi connectivity index (χ1n) is 7.63. The van der Waals surface area contributed by atoms with Crippen LogP contribution in [-0.4, -0.2) is 45.2 Å². The standard InChI is InChI=1S/C16H25N3O4/c1-3-23-14-9-12(6-7-13(14)22-2)5-4-8-18-16(21)11-19-15(20)10-17/h6-7,9H,3-5,8,10-11,17H2,1-2H3,(H,18,21)(H,19,20). The fourth-order valence-corrected chi connectivity index (χ4v) is 1.98. The Hall–Kier alpha value is -2.28. The van der Waals surface area contributed by atoms with Crippen molar-refractivity contribution in [3.8, 4) is 11.5 Å². The van der Waals surface area contributed by atoms with Crippen LogP contribution >= 0.6 is 0 Å². The van der Waals surface area contributed by atoms with Crippen LogP contribution < -0.4 is 25.8 Å². The molecule has 0 spiro atoms. The molecule has 0 heterocycles. The number of aryl methyl sites for hydroxylation is 1. The third-order valence-corrected chi connectivity index (χ3v) is 3.12. The predicted octanol–water partition coefficient (Wildman–Crippen LogP) is 0.218. The first-order chi connectivity index (χ1) is 11.1. The van der Waals surface area contributed by atoms with Crippen molar-refractivity contribution in [3.63, 3.8) is 0 Å². The third-order valence-electron chi connectivity index (χ3n) is 3.12. The zero-order chi connectivity index (χ0) is 17.1. The SMILES string of the molecule is CCOc1cc(CCCNC(=O)CNC(=O)CN)ccc1OC. The van der Waals surface area contributed by atoms with Crippen molar-refractivity contribution >= 4 is 11.8 Å². The molecule has 0 bridgehead atoms. The van der Waals surface area contributed by atoms with Crippen LogP contribution in [0.15, 0.2) is 18.2 Å². The Balaban J connectivity index is 2.34. The summed E-state index contributed by atoms with van der Waals surface area (Å²) in [5.41, 5.74) is 6.25. The Morgan fingerprint density at radius 1 is 1.17 bits per heavy atom. The molecular weight excluding hydrogens is 298 g/mol. The van der Waals surface area contributed by atoms with Crippen molar-refractivity contribution < 1.29 is 19.1 Å². The first kappa shape index (κ1) is 18.8. The lowest BCUT2D eigenvalue weighted by molar-refractivity contribution is -0.125. The Bertz CT molecular complexity index is 520. The van der Waals surface area contributed by atoms with E-state index in [1.807, 2.05) is 25.1 Å². The number of carbonyl (C=O) groups excluding carboxylic acids is 2. The van der Waals surface area contributed by atoms with Crippen LogP contribution in [-0.2, 0) is 16.0 Å². The second-order valence-corrected chi connectivity index (χ2v) is 4.85. The summed E-state index contributed by atoms with van der Waals surface area (Å²) in [6.07, 6.45) is 1.59. The molecule has 0 saturated heterocycles. The van der Waals surface area contributed by atoms with Gasteiger partial charge in [-0.1, -0.05) is 6.07 Å². The van der Waals surface area contributed by atoms with Gasteiger partial charge in [-0.25, -0.2) is 0 Å². The molecular formula is C16H25N3O4. The zero-order valence-corrected chi connectivity index (χ0v) is 13.7. The number of carbonyl (C=O) groups is 2. The maximum Gasteiger partial charge on any atom is 0.239 e. The molecule has 0 aliphatic rings. The number of hydrogen-bond acceptors (Lipinski definition) is 5. The van der Waals surface area contributed by atoms with Gasteiger partial charge in [0.05, 0.1) is 26.8 Å². The lowest BCUT2D eigenvalue weighted by atomic mass is 10.1. The van der Waals surface area contributed by atoms with Crippen molar-refractivity contribution in [2.75, 3.05) is 33.4 Å². The molecule has 0 aliphatic heterocycles. The number of hydrogen-bond donors (Lipinski definition) is 3. The molecule has 4 N–H and O–H groups in total. The Morgan fingerprint density at radius 2 is 1.96 bits per heavy atom. The van der Waals surface area contributed by atoms with Crippen LogP contribution in [0.25, 0.3) is 0 Å². The summed E-state index contributed by atoms with van der Waals surface area (Å²) in [5, 5.41) is 5.16. The van der Waals surface area contributed by atoms with E-state index in [0.29, 0.717) is 18.9 Å².